The predicted octanol–water partition coefficient (Wildman–Crippen LogP) is 3.49. The number of benzene rings is 1. The first-order chi connectivity index (χ1) is 17.7. The predicted molar refractivity (Wildman–Crippen MR) is 137 cm³/mol. The van der Waals surface area contributed by atoms with E-state index in [1.807, 2.05) is 38.1 Å². The van der Waals surface area contributed by atoms with Crippen molar-refractivity contribution in [2.24, 2.45) is 0 Å². The Morgan fingerprint density at radius 2 is 2.00 bits per heavy atom. The van der Waals surface area contributed by atoms with E-state index in [4.69, 9.17) is 14.5 Å². The summed E-state index contributed by atoms with van der Waals surface area (Å²) < 4.78 is 12.1. The second kappa shape index (κ2) is 9.30. The number of hydrogen-bond donors (Lipinski definition) is 1. The second-order valence-electron chi connectivity index (χ2n) is 9.77. The minimum absolute atomic E-state index is 0.0454. The smallest absolute Gasteiger partial charge is 0.409 e. The lowest BCUT2D eigenvalue weighted by molar-refractivity contribution is -0.172. The average molecular weight is 506 g/mol. The molecule has 9 nitrogen and oxygen atoms in total. The minimum atomic E-state index is -1.87. The monoisotopic (exact) mass is 505 g/mol. The van der Waals surface area contributed by atoms with Gasteiger partial charge >= 0.3 is 12.1 Å². The molecule has 0 spiro atoms. The van der Waals surface area contributed by atoms with Gasteiger partial charge in [-0.2, -0.15) is 0 Å². The van der Waals surface area contributed by atoms with Crippen molar-refractivity contribution in [2.45, 2.75) is 65.3 Å². The highest BCUT2D eigenvalue weighted by Crippen LogP contribution is 2.40. The van der Waals surface area contributed by atoms with Gasteiger partial charge in [-0.15, -0.1) is 0 Å². The number of amides is 1. The highest BCUT2D eigenvalue weighted by molar-refractivity contribution is 5.89. The van der Waals surface area contributed by atoms with Crippen LogP contribution in [0, 0.1) is 0 Å². The van der Waals surface area contributed by atoms with Crippen molar-refractivity contribution in [2.75, 3.05) is 13.2 Å². The Balaban J connectivity index is 1.65. The van der Waals surface area contributed by atoms with Gasteiger partial charge in [0.1, 0.15) is 6.61 Å². The first-order valence-corrected chi connectivity index (χ1v) is 12.7. The summed E-state index contributed by atoms with van der Waals surface area (Å²) in [5, 5.41) is 12.1. The molecule has 2 aliphatic rings. The molecular weight excluding hydrogens is 474 g/mol. The van der Waals surface area contributed by atoms with Crippen LogP contribution >= 0.6 is 0 Å². The molecule has 0 unspecified atom stereocenters. The summed E-state index contributed by atoms with van der Waals surface area (Å²) in [5.74, 6) is -0.745. The summed E-state index contributed by atoms with van der Waals surface area (Å²) in [6.07, 6.45) is 0.276. The Kier molecular flexibility index (Phi) is 6.27. The van der Waals surface area contributed by atoms with Crippen LogP contribution in [0.15, 0.2) is 35.1 Å². The third kappa shape index (κ3) is 3.89. The standard InChI is InChI=1S/C28H31N3O6/c1-5-28(35)21-13-23-24-19(14-31(23)25(32)20(21)15-37-26(28)33)17(18-9-7-8-10-22(18)29-24)11-12-30(16(3)4)27(34)36-6-2/h7-10,13,16,35H,5-6,11-12,14-15H2,1-4H3/t28-/m0/s1. The Morgan fingerprint density at radius 3 is 2.70 bits per heavy atom. The highest BCUT2D eigenvalue weighted by atomic mass is 16.6. The fraction of sp³-hybridized carbons (Fsp3) is 0.429. The van der Waals surface area contributed by atoms with E-state index in [1.54, 1.807) is 29.4 Å². The number of aliphatic hydroxyl groups is 1. The zero-order valence-corrected chi connectivity index (χ0v) is 21.5. The van der Waals surface area contributed by atoms with Crippen LogP contribution in [0.5, 0.6) is 0 Å². The SMILES string of the molecule is CCOC(=O)N(CCc1c2c(nc3ccccc13)-c1cc3c(c(=O)n1C2)COC(=O)[C@]3(O)CC)C(C)C. The number of cyclic esters (lactones) is 1. The highest BCUT2D eigenvalue weighted by Gasteiger charge is 2.45. The van der Waals surface area contributed by atoms with Crippen molar-refractivity contribution in [1.82, 2.24) is 14.5 Å². The molecule has 1 atom stereocenters. The molecule has 1 aromatic carbocycles. The molecule has 0 radical (unpaired) electrons. The van der Waals surface area contributed by atoms with E-state index < -0.39 is 11.6 Å². The molecule has 0 fully saturated rings. The summed E-state index contributed by atoms with van der Waals surface area (Å²) in [6, 6.07) is 9.45. The van der Waals surface area contributed by atoms with Crippen molar-refractivity contribution in [1.29, 1.82) is 0 Å². The molecule has 2 aromatic heterocycles. The van der Waals surface area contributed by atoms with Gasteiger partial charge in [0.2, 0.25) is 0 Å². The van der Waals surface area contributed by atoms with E-state index in [0.717, 1.165) is 22.0 Å². The van der Waals surface area contributed by atoms with Crippen LogP contribution < -0.4 is 5.56 Å². The third-order valence-electron chi connectivity index (χ3n) is 7.44. The van der Waals surface area contributed by atoms with Gasteiger partial charge in [-0.3, -0.25) is 4.79 Å². The summed E-state index contributed by atoms with van der Waals surface area (Å²) >= 11 is 0. The average Bonchev–Trinajstić information content (AvgIpc) is 3.25. The van der Waals surface area contributed by atoms with Crippen LogP contribution in [0.2, 0.25) is 0 Å². The van der Waals surface area contributed by atoms with Crippen LogP contribution in [0.4, 0.5) is 4.79 Å². The molecule has 37 heavy (non-hydrogen) atoms. The lowest BCUT2D eigenvalue weighted by atomic mass is 9.86. The molecule has 0 saturated heterocycles. The van der Waals surface area contributed by atoms with E-state index in [2.05, 4.69) is 0 Å². The maximum atomic E-state index is 13.6. The fourth-order valence-corrected chi connectivity index (χ4v) is 5.40. The van der Waals surface area contributed by atoms with Gasteiger partial charge in [0.05, 0.1) is 35.6 Å². The van der Waals surface area contributed by atoms with Crippen molar-refractivity contribution >= 4 is 23.0 Å². The van der Waals surface area contributed by atoms with Gasteiger partial charge in [-0.25, -0.2) is 14.6 Å². The quantitative estimate of drug-likeness (QED) is 0.399. The number of pyridine rings is 2. The maximum absolute atomic E-state index is 13.6. The molecule has 4 heterocycles. The van der Waals surface area contributed by atoms with E-state index in [0.29, 0.717) is 48.6 Å². The number of carbonyl (C=O) groups is 2. The van der Waals surface area contributed by atoms with Gasteiger partial charge < -0.3 is 24.0 Å². The number of hydrogen-bond acceptors (Lipinski definition) is 7. The molecule has 0 saturated carbocycles. The first kappa shape index (κ1) is 25.0. The second-order valence-corrected chi connectivity index (χ2v) is 9.77. The van der Waals surface area contributed by atoms with Crippen molar-refractivity contribution in [3.63, 3.8) is 0 Å². The number of aromatic nitrogens is 2. The molecule has 194 valence electrons. The first-order valence-electron chi connectivity index (χ1n) is 12.7. The van der Waals surface area contributed by atoms with Crippen molar-refractivity contribution in [3.05, 3.63) is 62.9 Å². The topological polar surface area (TPSA) is 111 Å². The zero-order valence-electron chi connectivity index (χ0n) is 21.5. The molecule has 3 aromatic rings. The Labute approximate surface area is 214 Å². The van der Waals surface area contributed by atoms with Crippen LogP contribution in [0.25, 0.3) is 22.3 Å². The summed E-state index contributed by atoms with van der Waals surface area (Å²) in [6.45, 7) is 8.25. The Morgan fingerprint density at radius 1 is 1.24 bits per heavy atom. The zero-order chi connectivity index (χ0) is 26.5. The van der Waals surface area contributed by atoms with Gasteiger partial charge in [-0.05, 0) is 51.3 Å². The molecule has 5 rings (SSSR count). The summed E-state index contributed by atoms with van der Waals surface area (Å²) in [4.78, 5) is 45.2. The Hall–Kier alpha value is -3.72. The fourth-order valence-electron chi connectivity index (χ4n) is 5.40. The number of rotatable bonds is 6. The molecule has 0 bridgehead atoms. The number of fused-ring (bicyclic) bond motifs is 5. The lowest BCUT2D eigenvalue weighted by Crippen LogP contribution is -2.44. The van der Waals surface area contributed by atoms with E-state index in [-0.39, 0.29) is 30.7 Å². The summed E-state index contributed by atoms with van der Waals surface area (Å²) in [7, 11) is 0. The van der Waals surface area contributed by atoms with Crippen LogP contribution in [-0.2, 0) is 39.4 Å². The number of ether oxygens (including phenoxy) is 2. The maximum Gasteiger partial charge on any atom is 0.409 e. The minimum Gasteiger partial charge on any atom is -0.458 e. The van der Waals surface area contributed by atoms with Gasteiger partial charge in [-0.1, -0.05) is 25.1 Å². The van der Waals surface area contributed by atoms with E-state index >= 15 is 0 Å². The Bertz CT molecular complexity index is 1480. The largest absolute Gasteiger partial charge is 0.458 e. The van der Waals surface area contributed by atoms with Gasteiger partial charge in [0.15, 0.2) is 5.60 Å². The van der Waals surface area contributed by atoms with Crippen LogP contribution in [0.1, 0.15) is 56.4 Å². The molecular formula is C28H31N3O6. The van der Waals surface area contributed by atoms with Gasteiger partial charge in [0.25, 0.3) is 5.56 Å². The van der Waals surface area contributed by atoms with E-state index in [9.17, 15) is 19.5 Å². The number of nitrogens with zero attached hydrogens (tertiary/aromatic N) is 3. The molecule has 9 heteroatoms. The van der Waals surface area contributed by atoms with Crippen molar-refractivity contribution in [3.8, 4) is 11.4 Å². The lowest BCUT2D eigenvalue weighted by Gasteiger charge is -2.31. The van der Waals surface area contributed by atoms with Gasteiger partial charge in [0, 0.05) is 29.1 Å². The van der Waals surface area contributed by atoms with Crippen molar-refractivity contribution < 1.29 is 24.2 Å². The van der Waals surface area contributed by atoms with E-state index in [1.165, 1.54) is 0 Å². The number of esters is 1. The number of para-hydroxylation sites is 1. The molecule has 1 amide bonds. The molecule has 1 N–H and O–H groups in total. The molecule has 0 aliphatic carbocycles. The third-order valence-corrected chi connectivity index (χ3v) is 7.44. The normalized spacial score (nSPS) is 17.8. The summed E-state index contributed by atoms with van der Waals surface area (Å²) in [5.41, 5.74) is 2.31. The number of carbonyl (C=O) groups excluding carboxylic acids is 2. The van der Waals surface area contributed by atoms with Crippen LogP contribution in [-0.4, -0.2) is 50.8 Å². The molecule has 2 aliphatic heterocycles. The van der Waals surface area contributed by atoms with Crippen LogP contribution in [0.3, 0.4) is 0 Å².